The summed E-state index contributed by atoms with van der Waals surface area (Å²) >= 11 is 0. The molecule has 1 amide bonds. The highest BCUT2D eigenvalue weighted by Gasteiger charge is 2.11. The van der Waals surface area contributed by atoms with E-state index in [1.807, 2.05) is 0 Å². The quantitative estimate of drug-likeness (QED) is 0.273. The maximum absolute atomic E-state index is 12.1. The smallest absolute Gasteiger partial charge is 0.307 e. The van der Waals surface area contributed by atoms with E-state index in [0.717, 1.165) is 5.56 Å². The van der Waals surface area contributed by atoms with Crippen molar-refractivity contribution in [1.29, 1.82) is 0 Å². The van der Waals surface area contributed by atoms with Crippen molar-refractivity contribution in [2.45, 2.75) is 6.54 Å². The molecule has 0 aliphatic rings. The fraction of sp³-hybridized carbons (Fsp3) is 0.105. The van der Waals surface area contributed by atoms with Crippen LogP contribution < -0.4 is 15.9 Å². The first-order chi connectivity index (χ1) is 14.0. The number of carbonyl (C=O) groups excluding carboxylic acids is 1. The number of aromatic nitrogens is 2. The van der Waals surface area contributed by atoms with Gasteiger partial charge in [0.15, 0.2) is 0 Å². The minimum absolute atomic E-state index is 0.0907. The molecule has 3 rings (SSSR count). The Balaban J connectivity index is 1.71. The van der Waals surface area contributed by atoms with Crippen molar-refractivity contribution in [2.75, 3.05) is 12.8 Å². The van der Waals surface area contributed by atoms with Crippen molar-refractivity contribution in [1.82, 2.24) is 15.2 Å². The molecule has 0 saturated carbocycles. The van der Waals surface area contributed by atoms with E-state index in [1.54, 1.807) is 42.5 Å². The fourth-order valence-electron chi connectivity index (χ4n) is 2.57. The Bertz CT molecular complexity index is 1060. The van der Waals surface area contributed by atoms with Crippen molar-refractivity contribution >= 4 is 23.5 Å². The molecule has 0 fully saturated rings. The van der Waals surface area contributed by atoms with E-state index in [-0.39, 0.29) is 18.1 Å². The fourth-order valence-corrected chi connectivity index (χ4v) is 2.57. The molecular formula is C19H18N6O4. The van der Waals surface area contributed by atoms with Crippen LogP contribution in [-0.4, -0.2) is 33.9 Å². The largest absolute Gasteiger partial charge is 0.496 e. The molecule has 0 saturated heterocycles. The number of nitrogens with one attached hydrogen (secondary N) is 1. The molecule has 0 spiro atoms. The number of nitrogen functional groups attached to an aromatic ring is 1. The summed E-state index contributed by atoms with van der Waals surface area (Å²) in [6.45, 7) is 0.274. The first kappa shape index (κ1) is 19.5. The van der Waals surface area contributed by atoms with Gasteiger partial charge in [0.2, 0.25) is 0 Å². The van der Waals surface area contributed by atoms with E-state index in [1.165, 1.54) is 30.4 Å². The molecule has 10 heteroatoms. The Morgan fingerprint density at radius 2 is 2.10 bits per heavy atom. The third-order valence-electron chi connectivity index (χ3n) is 4.02. The van der Waals surface area contributed by atoms with Crippen LogP contribution in [0.3, 0.4) is 0 Å². The van der Waals surface area contributed by atoms with Gasteiger partial charge in [0, 0.05) is 16.8 Å². The van der Waals surface area contributed by atoms with Crippen LogP contribution in [0.4, 0.5) is 11.4 Å². The molecule has 3 N–H and O–H groups in total. The number of amides is 1. The van der Waals surface area contributed by atoms with E-state index in [4.69, 9.17) is 10.5 Å². The zero-order valence-electron chi connectivity index (χ0n) is 15.5. The summed E-state index contributed by atoms with van der Waals surface area (Å²) in [6.07, 6.45) is 4.02. The van der Waals surface area contributed by atoms with Gasteiger partial charge in [-0.25, -0.2) is 5.43 Å². The molecule has 1 heterocycles. The second-order valence-electron chi connectivity index (χ2n) is 6.05. The highest BCUT2D eigenvalue weighted by molar-refractivity contribution is 5.95. The van der Waals surface area contributed by atoms with Gasteiger partial charge in [0.1, 0.15) is 18.1 Å². The topological polar surface area (TPSA) is 138 Å². The second kappa shape index (κ2) is 8.65. The van der Waals surface area contributed by atoms with Crippen LogP contribution >= 0.6 is 0 Å². The van der Waals surface area contributed by atoms with Gasteiger partial charge in [0.25, 0.3) is 5.91 Å². The third-order valence-corrected chi connectivity index (χ3v) is 4.02. The van der Waals surface area contributed by atoms with Crippen molar-refractivity contribution in [3.63, 3.8) is 0 Å². The number of nitro groups is 1. The molecule has 148 valence electrons. The Kier molecular flexibility index (Phi) is 5.83. The van der Waals surface area contributed by atoms with Crippen LogP contribution in [0.1, 0.15) is 21.5 Å². The van der Waals surface area contributed by atoms with Crippen molar-refractivity contribution in [3.05, 3.63) is 81.7 Å². The van der Waals surface area contributed by atoms with Gasteiger partial charge in [-0.2, -0.15) is 10.2 Å². The predicted molar refractivity (Wildman–Crippen MR) is 107 cm³/mol. The maximum Gasteiger partial charge on any atom is 0.307 e. The summed E-state index contributed by atoms with van der Waals surface area (Å²) in [5.74, 6) is 0.241. The lowest BCUT2D eigenvalue weighted by atomic mass is 10.1. The Morgan fingerprint density at radius 1 is 1.34 bits per heavy atom. The summed E-state index contributed by atoms with van der Waals surface area (Å²) < 4.78 is 6.78. The van der Waals surface area contributed by atoms with Crippen LogP contribution in [-0.2, 0) is 6.54 Å². The average Bonchev–Trinajstić information content (AvgIpc) is 3.17. The molecule has 0 radical (unpaired) electrons. The zero-order chi connectivity index (χ0) is 20.8. The summed E-state index contributed by atoms with van der Waals surface area (Å²) in [5.41, 5.74) is 10.4. The minimum atomic E-state index is -0.506. The molecule has 1 aromatic heterocycles. The molecule has 2 aromatic carbocycles. The molecule has 0 aliphatic carbocycles. The molecule has 0 unspecified atom stereocenters. The summed E-state index contributed by atoms with van der Waals surface area (Å²) in [7, 11) is 1.53. The first-order valence-electron chi connectivity index (χ1n) is 8.49. The zero-order valence-corrected chi connectivity index (χ0v) is 15.5. The molecule has 3 aromatic rings. The van der Waals surface area contributed by atoms with Gasteiger partial charge in [0.05, 0.1) is 24.8 Å². The molecule has 0 bridgehead atoms. The van der Waals surface area contributed by atoms with Crippen LogP contribution in [0, 0.1) is 10.1 Å². The first-order valence-corrected chi connectivity index (χ1v) is 8.49. The van der Waals surface area contributed by atoms with Gasteiger partial charge in [-0.1, -0.05) is 0 Å². The van der Waals surface area contributed by atoms with Gasteiger partial charge in [-0.3, -0.25) is 19.6 Å². The predicted octanol–water partition coefficient (Wildman–Crippen LogP) is 2.19. The van der Waals surface area contributed by atoms with Crippen molar-refractivity contribution in [2.24, 2.45) is 5.10 Å². The number of carbonyl (C=O) groups is 1. The number of ether oxygens (including phenoxy) is 1. The van der Waals surface area contributed by atoms with E-state index < -0.39 is 4.92 Å². The van der Waals surface area contributed by atoms with E-state index in [0.29, 0.717) is 22.6 Å². The van der Waals surface area contributed by atoms with Crippen molar-refractivity contribution in [3.8, 4) is 5.75 Å². The Labute approximate surface area is 165 Å². The van der Waals surface area contributed by atoms with E-state index >= 15 is 0 Å². The normalized spacial score (nSPS) is 10.8. The van der Waals surface area contributed by atoms with Crippen LogP contribution in [0.15, 0.2) is 60.0 Å². The number of nitrogens with zero attached hydrogens (tertiary/aromatic N) is 4. The average molecular weight is 394 g/mol. The van der Waals surface area contributed by atoms with Crippen molar-refractivity contribution < 1.29 is 14.5 Å². The van der Waals surface area contributed by atoms with Gasteiger partial charge >= 0.3 is 5.69 Å². The molecule has 10 nitrogen and oxygen atoms in total. The van der Waals surface area contributed by atoms with E-state index in [2.05, 4.69) is 15.6 Å². The van der Waals surface area contributed by atoms with Crippen LogP contribution in [0.5, 0.6) is 5.75 Å². The number of nitrogens with two attached hydrogens (primary N) is 1. The summed E-state index contributed by atoms with van der Waals surface area (Å²) in [4.78, 5) is 22.4. The van der Waals surface area contributed by atoms with Gasteiger partial charge < -0.3 is 10.5 Å². The number of hydrazone groups is 1. The van der Waals surface area contributed by atoms with E-state index in [9.17, 15) is 14.9 Å². The van der Waals surface area contributed by atoms with Crippen LogP contribution in [0.2, 0.25) is 0 Å². The highest BCUT2D eigenvalue weighted by atomic mass is 16.6. The van der Waals surface area contributed by atoms with Crippen LogP contribution in [0.25, 0.3) is 0 Å². The lowest BCUT2D eigenvalue weighted by Crippen LogP contribution is -2.17. The molecule has 0 atom stereocenters. The number of benzene rings is 2. The monoisotopic (exact) mass is 394 g/mol. The number of hydrogen-bond acceptors (Lipinski definition) is 7. The standard InChI is InChI=1S/C19H18N6O4/c1-29-18-7-2-13(8-15(18)11-24-12-17(10-22-24)25(27)28)9-21-23-19(26)14-3-5-16(20)6-4-14/h2-10,12H,11,20H2,1H3,(H,23,26)/b21-9+. The molecule has 0 aliphatic heterocycles. The van der Waals surface area contributed by atoms with Gasteiger partial charge in [-0.15, -0.1) is 0 Å². The lowest BCUT2D eigenvalue weighted by molar-refractivity contribution is -0.385. The molecule has 29 heavy (non-hydrogen) atoms. The Hall–Kier alpha value is -4.21. The number of methoxy groups -OCH3 is 1. The number of hydrogen-bond donors (Lipinski definition) is 2. The highest BCUT2D eigenvalue weighted by Crippen LogP contribution is 2.21. The summed E-state index contributed by atoms with van der Waals surface area (Å²) in [5, 5.41) is 18.8. The number of anilines is 1. The number of rotatable bonds is 7. The Morgan fingerprint density at radius 3 is 2.76 bits per heavy atom. The maximum atomic E-state index is 12.1. The van der Waals surface area contributed by atoms with Gasteiger partial charge in [-0.05, 0) is 48.0 Å². The summed E-state index contributed by atoms with van der Waals surface area (Å²) in [6, 6.07) is 11.8. The SMILES string of the molecule is COc1ccc(/C=N/NC(=O)c2ccc(N)cc2)cc1Cn1cc([N+](=O)[O-])cn1. The minimum Gasteiger partial charge on any atom is -0.496 e. The lowest BCUT2D eigenvalue weighted by Gasteiger charge is -2.09. The third kappa shape index (κ3) is 4.95. The molecular weight excluding hydrogens is 376 g/mol. The second-order valence-corrected chi connectivity index (χ2v) is 6.05.